The lowest BCUT2D eigenvalue weighted by Gasteiger charge is -2.08. The SMILES string of the molecule is CC(C)Nc1nnnc(C(C)C)n1. The van der Waals surface area contributed by atoms with Gasteiger partial charge in [0.1, 0.15) is 0 Å². The molecular weight excluding hydrogens is 166 g/mol. The number of nitrogens with zero attached hydrogens (tertiary/aromatic N) is 4. The summed E-state index contributed by atoms with van der Waals surface area (Å²) in [5.74, 6) is 1.55. The van der Waals surface area contributed by atoms with E-state index in [0.29, 0.717) is 12.0 Å². The molecule has 13 heavy (non-hydrogen) atoms. The Morgan fingerprint density at radius 3 is 2.31 bits per heavy atom. The van der Waals surface area contributed by atoms with Crippen molar-refractivity contribution < 1.29 is 0 Å². The normalized spacial score (nSPS) is 10.9. The van der Waals surface area contributed by atoms with Crippen LogP contribution in [0.5, 0.6) is 0 Å². The van der Waals surface area contributed by atoms with E-state index in [4.69, 9.17) is 0 Å². The number of aromatic nitrogens is 4. The first-order valence-electron chi connectivity index (χ1n) is 4.43. The van der Waals surface area contributed by atoms with Gasteiger partial charge in [-0.3, -0.25) is 0 Å². The summed E-state index contributed by atoms with van der Waals surface area (Å²) in [5, 5.41) is 14.3. The highest BCUT2D eigenvalue weighted by Crippen LogP contribution is 2.07. The third-order valence-corrected chi connectivity index (χ3v) is 1.44. The maximum atomic E-state index is 4.22. The Bertz CT molecular complexity index is 271. The van der Waals surface area contributed by atoms with Crippen molar-refractivity contribution in [3.8, 4) is 0 Å². The van der Waals surface area contributed by atoms with Crippen LogP contribution in [0.25, 0.3) is 0 Å². The molecule has 0 aromatic carbocycles. The first-order chi connectivity index (χ1) is 6.09. The summed E-state index contributed by atoms with van der Waals surface area (Å²) in [4.78, 5) is 4.22. The van der Waals surface area contributed by atoms with Crippen LogP contribution in [-0.4, -0.2) is 26.4 Å². The topological polar surface area (TPSA) is 63.6 Å². The van der Waals surface area contributed by atoms with E-state index in [-0.39, 0.29) is 5.92 Å². The second kappa shape index (κ2) is 4.11. The fraction of sp³-hybridized carbons (Fsp3) is 0.750. The smallest absolute Gasteiger partial charge is 0.246 e. The fourth-order valence-corrected chi connectivity index (χ4v) is 0.828. The third-order valence-electron chi connectivity index (χ3n) is 1.44. The predicted octanol–water partition coefficient (Wildman–Crippen LogP) is 1.21. The van der Waals surface area contributed by atoms with Gasteiger partial charge in [0.15, 0.2) is 5.82 Å². The minimum absolute atomic E-state index is 0.281. The van der Waals surface area contributed by atoms with Crippen LogP contribution >= 0.6 is 0 Å². The number of anilines is 1. The molecule has 1 aromatic heterocycles. The lowest BCUT2D eigenvalue weighted by molar-refractivity contribution is 0.686. The van der Waals surface area contributed by atoms with Gasteiger partial charge in [0, 0.05) is 12.0 Å². The second-order valence-corrected chi connectivity index (χ2v) is 3.54. The van der Waals surface area contributed by atoms with E-state index in [1.807, 2.05) is 27.7 Å². The minimum Gasteiger partial charge on any atom is -0.351 e. The quantitative estimate of drug-likeness (QED) is 0.759. The van der Waals surface area contributed by atoms with Gasteiger partial charge in [0.25, 0.3) is 0 Å². The van der Waals surface area contributed by atoms with Crippen molar-refractivity contribution in [2.45, 2.75) is 39.7 Å². The van der Waals surface area contributed by atoms with E-state index in [1.54, 1.807) is 0 Å². The van der Waals surface area contributed by atoms with Crippen LogP contribution in [0.4, 0.5) is 5.95 Å². The molecule has 0 aliphatic heterocycles. The molecule has 0 atom stereocenters. The van der Waals surface area contributed by atoms with Gasteiger partial charge in [-0.15, -0.1) is 5.10 Å². The molecule has 0 radical (unpaired) electrons. The zero-order valence-electron chi connectivity index (χ0n) is 8.44. The lowest BCUT2D eigenvalue weighted by atomic mass is 10.2. The fourth-order valence-electron chi connectivity index (χ4n) is 0.828. The molecule has 5 heteroatoms. The van der Waals surface area contributed by atoms with E-state index in [9.17, 15) is 0 Å². The molecule has 0 fully saturated rings. The van der Waals surface area contributed by atoms with Crippen LogP contribution in [0.2, 0.25) is 0 Å². The Labute approximate surface area is 78.0 Å². The summed E-state index contributed by atoms with van der Waals surface area (Å²) >= 11 is 0. The van der Waals surface area contributed by atoms with Gasteiger partial charge < -0.3 is 5.32 Å². The van der Waals surface area contributed by atoms with Crippen molar-refractivity contribution in [2.75, 3.05) is 5.32 Å². The summed E-state index contributed by atoms with van der Waals surface area (Å²) in [6, 6.07) is 0.309. The molecule has 72 valence electrons. The van der Waals surface area contributed by atoms with Gasteiger partial charge in [0.05, 0.1) is 0 Å². The number of hydrogen-bond acceptors (Lipinski definition) is 5. The van der Waals surface area contributed by atoms with Gasteiger partial charge in [0.2, 0.25) is 5.95 Å². The largest absolute Gasteiger partial charge is 0.351 e. The standard InChI is InChI=1S/C8H15N5/c1-5(2)7-10-8(9-6(3)4)12-13-11-7/h5-6H,1-4H3,(H,9,10,11,12). The first-order valence-corrected chi connectivity index (χ1v) is 4.43. The molecule has 0 saturated carbocycles. The Morgan fingerprint density at radius 1 is 1.08 bits per heavy atom. The Hall–Kier alpha value is -1.26. The Balaban J connectivity index is 2.79. The van der Waals surface area contributed by atoms with E-state index < -0.39 is 0 Å². The second-order valence-electron chi connectivity index (χ2n) is 3.54. The first kappa shape index (κ1) is 9.83. The molecule has 0 unspecified atom stereocenters. The average molecular weight is 181 g/mol. The van der Waals surface area contributed by atoms with Gasteiger partial charge in [-0.25, -0.2) is 0 Å². The molecule has 5 nitrogen and oxygen atoms in total. The van der Waals surface area contributed by atoms with Crippen molar-refractivity contribution in [1.29, 1.82) is 0 Å². The molecular formula is C8H15N5. The molecule has 0 aliphatic rings. The van der Waals surface area contributed by atoms with E-state index in [1.165, 1.54) is 0 Å². The van der Waals surface area contributed by atoms with Crippen molar-refractivity contribution in [3.63, 3.8) is 0 Å². The maximum Gasteiger partial charge on any atom is 0.246 e. The van der Waals surface area contributed by atoms with Gasteiger partial charge in [-0.2, -0.15) is 4.98 Å². The van der Waals surface area contributed by atoms with E-state index >= 15 is 0 Å². The van der Waals surface area contributed by atoms with Crippen LogP contribution < -0.4 is 5.32 Å². The monoisotopic (exact) mass is 181 g/mol. The highest BCUT2D eigenvalue weighted by Gasteiger charge is 2.06. The molecule has 0 amide bonds. The lowest BCUT2D eigenvalue weighted by Crippen LogP contribution is -2.15. The minimum atomic E-state index is 0.281. The van der Waals surface area contributed by atoms with E-state index in [2.05, 4.69) is 25.7 Å². The van der Waals surface area contributed by atoms with Crippen LogP contribution in [0.3, 0.4) is 0 Å². The molecule has 0 saturated heterocycles. The maximum absolute atomic E-state index is 4.22. The summed E-state index contributed by atoms with van der Waals surface area (Å²) in [6.07, 6.45) is 0. The number of hydrogen-bond donors (Lipinski definition) is 1. The van der Waals surface area contributed by atoms with Crippen molar-refractivity contribution in [1.82, 2.24) is 20.4 Å². The van der Waals surface area contributed by atoms with Gasteiger partial charge in [-0.1, -0.05) is 18.9 Å². The molecule has 1 N–H and O–H groups in total. The molecule has 0 bridgehead atoms. The van der Waals surface area contributed by atoms with Gasteiger partial charge in [-0.05, 0) is 19.1 Å². The highest BCUT2D eigenvalue weighted by atomic mass is 15.4. The van der Waals surface area contributed by atoms with Crippen molar-refractivity contribution in [2.24, 2.45) is 0 Å². The average Bonchev–Trinajstić information content (AvgIpc) is 2.03. The summed E-state index contributed by atoms with van der Waals surface area (Å²) in [6.45, 7) is 8.10. The zero-order valence-corrected chi connectivity index (χ0v) is 8.44. The summed E-state index contributed by atoms with van der Waals surface area (Å²) < 4.78 is 0. The zero-order chi connectivity index (χ0) is 9.84. The van der Waals surface area contributed by atoms with Crippen LogP contribution in [0, 0.1) is 0 Å². The summed E-state index contributed by atoms with van der Waals surface area (Å²) in [7, 11) is 0. The number of nitrogens with one attached hydrogen (secondary N) is 1. The van der Waals surface area contributed by atoms with Crippen LogP contribution in [0.1, 0.15) is 39.4 Å². The third kappa shape index (κ3) is 2.93. The molecule has 0 aliphatic carbocycles. The van der Waals surface area contributed by atoms with Crippen molar-refractivity contribution in [3.05, 3.63) is 5.82 Å². The highest BCUT2D eigenvalue weighted by molar-refractivity contribution is 5.22. The summed E-state index contributed by atoms with van der Waals surface area (Å²) in [5.41, 5.74) is 0. The molecule has 1 rings (SSSR count). The predicted molar refractivity (Wildman–Crippen MR) is 50.5 cm³/mol. The Morgan fingerprint density at radius 2 is 1.77 bits per heavy atom. The molecule has 1 aromatic rings. The molecule has 0 spiro atoms. The number of rotatable bonds is 3. The van der Waals surface area contributed by atoms with Crippen LogP contribution in [-0.2, 0) is 0 Å². The molecule has 1 heterocycles. The van der Waals surface area contributed by atoms with Crippen LogP contribution in [0.15, 0.2) is 0 Å². The van der Waals surface area contributed by atoms with Gasteiger partial charge >= 0.3 is 0 Å². The van der Waals surface area contributed by atoms with E-state index in [0.717, 1.165) is 5.82 Å². The Kier molecular flexibility index (Phi) is 3.11. The van der Waals surface area contributed by atoms with Crippen molar-refractivity contribution >= 4 is 5.95 Å².